The molecule has 146 valence electrons. The zero-order chi connectivity index (χ0) is 19.9. The zero-order valence-corrected chi connectivity index (χ0v) is 16.7. The topological polar surface area (TPSA) is 78.3 Å². The largest absolute Gasteiger partial charge is 0.491 e. The third-order valence-electron chi connectivity index (χ3n) is 5.05. The Bertz CT molecular complexity index is 1210. The van der Waals surface area contributed by atoms with E-state index in [0.717, 1.165) is 18.2 Å². The smallest absolute Gasteiger partial charge is 0.258 e. The Kier molecular flexibility index (Phi) is 4.71. The van der Waals surface area contributed by atoms with Crippen LogP contribution in [0.2, 0.25) is 0 Å². The number of aryl methyl sites for hydroxylation is 1. The van der Waals surface area contributed by atoms with Gasteiger partial charge >= 0.3 is 0 Å². The molecular formula is C21H22N2O4S. The molecule has 1 aliphatic carbocycles. The molecule has 0 saturated heterocycles. The van der Waals surface area contributed by atoms with Crippen molar-refractivity contribution in [2.24, 2.45) is 13.0 Å². The van der Waals surface area contributed by atoms with Gasteiger partial charge in [-0.1, -0.05) is 25.1 Å². The molecule has 4 rings (SSSR count). The highest BCUT2D eigenvalue weighted by atomic mass is 32.2. The molecule has 28 heavy (non-hydrogen) atoms. The predicted octanol–water partition coefficient (Wildman–Crippen LogP) is 3.18. The zero-order valence-electron chi connectivity index (χ0n) is 15.9. The second kappa shape index (κ2) is 7.05. The maximum Gasteiger partial charge on any atom is 0.258 e. The molecule has 6 nitrogen and oxygen atoms in total. The van der Waals surface area contributed by atoms with Gasteiger partial charge in [0.15, 0.2) is 14.9 Å². The van der Waals surface area contributed by atoms with E-state index in [2.05, 4.69) is 4.98 Å². The van der Waals surface area contributed by atoms with Crippen molar-refractivity contribution in [2.45, 2.75) is 24.8 Å². The Morgan fingerprint density at radius 2 is 1.86 bits per heavy atom. The molecular weight excluding hydrogens is 376 g/mol. The molecule has 0 spiro atoms. The summed E-state index contributed by atoms with van der Waals surface area (Å²) in [6.07, 6.45) is 3.99. The van der Waals surface area contributed by atoms with E-state index in [4.69, 9.17) is 4.74 Å². The highest BCUT2D eigenvalue weighted by molar-refractivity contribution is 7.91. The molecule has 0 N–H and O–H groups in total. The van der Waals surface area contributed by atoms with Gasteiger partial charge in [-0.2, -0.15) is 0 Å². The molecule has 2 heterocycles. The molecule has 7 heteroatoms. The van der Waals surface area contributed by atoms with Crippen LogP contribution in [0.25, 0.3) is 22.0 Å². The van der Waals surface area contributed by atoms with Crippen molar-refractivity contribution in [3.05, 3.63) is 52.9 Å². The van der Waals surface area contributed by atoms with Crippen LogP contribution in [0.15, 0.2) is 52.4 Å². The highest BCUT2D eigenvalue weighted by Gasteiger charge is 2.24. The molecule has 0 aliphatic heterocycles. The van der Waals surface area contributed by atoms with Gasteiger partial charge in [0.2, 0.25) is 0 Å². The summed E-state index contributed by atoms with van der Waals surface area (Å²) < 4.78 is 32.3. The van der Waals surface area contributed by atoms with Gasteiger partial charge in [0.1, 0.15) is 11.4 Å². The van der Waals surface area contributed by atoms with E-state index in [-0.39, 0.29) is 16.3 Å². The van der Waals surface area contributed by atoms with Crippen molar-refractivity contribution < 1.29 is 13.2 Å². The first-order valence-electron chi connectivity index (χ1n) is 9.36. The molecule has 0 amide bonds. The summed E-state index contributed by atoms with van der Waals surface area (Å²) >= 11 is 0. The van der Waals surface area contributed by atoms with Gasteiger partial charge < -0.3 is 9.30 Å². The van der Waals surface area contributed by atoms with E-state index < -0.39 is 9.84 Å². The quantitative estimate of drug-likeness (QED) is 0.637. The van der Waals surface area contributed by atoms with Crippen LogP contribution >= 0.6 is 0 Å². The highest BCUT2D eigenvalue weighted by Crippen LogP contribution is 2.36. The van der Waals surface area contributed by atoms with Gasteiger partial charge in [0.05, 0.1) is 12.4 Å². The fraction of sp³-hybridized carbons (Fsp3) is 0.333. The number of pyridine rings is 2. The van der Waals surface area contributed by atoms with E-state index in [0.29, 0.717) is 34.9 Å². The van der Waals surface area contributed by atoms with Crippen LogP contribution in [0.5, 0.6) is 5.75 Å². The molecule has 0 unspecified atom stereocenters. The Balaban J connectivity index is 1.96. The standard InChI is InChI=1S/C21H22N2O4S/c1-3-28(25,26)19-11-10-18(27-13-14-8-9-14)20(22-19)17-12-23(2)21(24)16-7-5-4-6-15(16)17/h4-7,10-12,14H,3,8-9,13H2,1-2H3. The van der Waals surface area contributed by atoms with Gasteiger partial charge in [-0.25, -0.2) is 13.4 Å². The fourth-order valence-corrected chi connectivity index (χ4v) is 3.96. The average molecular weight is 398 g/mol. The van der Waals surface area contributed by atoms with Crippen molar-refractivity contribution in [1.82, 2.24) is 9.55 Å². The van der Waals surface area contributed by atoms with E-state index in [1.54, 1.807) is 32.3 Å². The van der Waals surface area contributed by atoms with Crippen LogP contribution in [0, 0.1) is 5.92 Å². The van der Waals surface area contributed by atoms with Crippen LogP contribution in [0.1, 0.15) is 19.8 Å². The monoisotopic (exact) mass is 398 g/mol. The maximum atomic E-state index is 12.5. The van der Waals surface area contributed by atoms with Crippen LogP contribution in [0.4, 0.5) is 0 Å². The van der Waals surface area contributed by atoms with E-state index in [9.17, 15) is 13.2 Å². The maximum absolute atomic E-state index is 12.5. The van der Waals surface area contributed by atoms with Crippen molar-refractivity contribution in [2.75, 3.05) is 12.4 Å². The number of sulfone groups is 1. The summed E-state index contributed by atoms with van der Waals surface area (Å²) in [6, 6.07) is 10.4. The van der Waals surface area contributed by atoms with Gasteiger partial charge in [0.25, 0.3) is 5.56 Å². The number of hydrogen-bond acceptors (Lipinski definition) is 5. The lowest BCUT2D eigenvalue weighted by Crippen LogP contribution is -2.17. The molecule has 1 saturated carbocycles. The lowest BCUT2D eigenvalue weighted by molar-refractivity contribution is 0.299. The van der Waals surface area contributed by atoms with Gasteiger partial charge in [-0.15, -0.1) is 0 Å². The van der Waals surface area contributed by atoms with Crippen molar-refractivity contribution in [3.8, 4) is 17.0 Å². The van der Waals surface area contributed by atoms with Crippen molar-refractivity contribution in [3.63, 3.8) is 0 Å². The summed E-state index contributed by atoms with van der Waals surface area (Å²) in [6.45, 7) is 2.17. The summed E-state index contributed by atoms with van der Waals surface area (Å²) in [5.74, 6) is 1.05. The number of benzene rings is 1. The molecule has 2 aromatic heterocycles. The van der Waals surface area contributed by atoms with Crippen LogP contribution in [-0.4, -0.2) is 30.3 Å². The number of ether oxygens (including phenoxy) is 1. The lowest BCUT2D eigenvalue weighted by atomic mass is 10.0. The van der Waals surface area contributed by atoms with Gasteiger partial charge in [-0.3, -0.25) is 4.79 Å². The molecule has 1 fully saturated rings. The minimum atomic E-state index is -3.47. The molecule has 0 bridgehead atoms. The van der Waals surface area contributed by atoms with Crippen molar-refractivity contribution >= 4 is 20.6 Å². The SMILES string of the molecule is CCS(=O)(=O)c1ccc(OCC2CC2)c(-c2cn(C)c(=O)c3ccccc23)n1. The van der Waals surface area contributed by atoms with E-state index >= 15 is 0 Å². The second-order valence-electron chi connectivity index (χ2n) is 7.16. The van der Waals surface area contributed by atoms with Gasteiger partial charge in [-0.05, 0) is 42.3 Å². The van der Waals surface area contributed by atoms with Crippen LogP contribution in [-0.2, 0) is 16.9 Å². The Morgan fingerprint density at radius 3 is 2.54 bits per heavy atom. The third kappa shape index (κ3) is 3.42. The van der Waals surface area contributed by atoms with Crippen LogP contribution in [0.3, 0.4) is 0 Å². The summed E-state index contributed by atoms with van der Waals surface area (Å²) in [4.78, 5) is 17.0. The van der Waals surface area contributed by atoms with Crippen LogP contribution < -0.4 is 10.3 Å². The predicted molar refractivity (Wildman–Crippen MR) is 108 cm³/mol. The van der Waals surface area contributed by atoms with Gasteiger partial charge in [0, 0.05) is 24.2 Å². The molecule has 3 aromatic rings. The molecule has 1 aliphatic rings. The Morgan fingerprint density at radius 1 is 1.14 bits per heavy atom. The van der Waals surface area contributed by atoms with Crippen molar-refractivity contribution in [1.29, 1.82) is 0 Å². The lowest BCUT2D eigenvalue weighted by Gasteiger charge is -2.15. The number of nitrogens with zero attached hydrogens (tertiary/aromatic N) is 2. The third-order valence-corrected chi connectivity index (χ3v) is 6.67. The molecule has 1 aromatic carbocycles. The first-order valence-corrected chi connectivity index (χ1v) is 11.0. The van der Waals surface area contributed by atoms with E-state index in [1.807, 2.05) is 18.2 Å². The first-order chi connectivity index (χ1) is 13.4. The Hall–Kier alpha value is -2.67. The van der Waals surface area contributed by atoms with E-state index in [1.165, 1.54) is 10.6 Å². The first kappa shape index (κ1) is 18.7. The number of aromatic nitrogens is 2. The summed E-state index contributed by atoms with van der Waals surface area (Å²) in [5.41, 5.74) is 1.01. The molecule has 0 radical (unpaired) electrons. The minimum absolute atomic E-state index is 0.0155. The minimum Gasteiger partial charge on any atom is -0.491 e. The average Bonchev–Trinajstić information content (AvgIpc) is 3.53. The summed E-state index contributed by atoms with van der Waals surface area (Å²) in [7, 11) is -1.79. The number of rotatable bonds is 6. The fourth-order valence-electron chi connectivity index (χ4n) is 3.16. The summed E-state index contributed by atoms with van der Waals surface area (Å²) in [5, 5.41) is 1.29. The number of hydrogen-bond donors (Lipinski definition) is 0. The second-order valence-corrected chi connectivity index (χ2v) is 9.38. The molecule has 0 atom stereocenters. The normalized spacial score (nSPS) is 14.4. The number of fused-ring (bicyclic) bond motifs is 1. The Labute approximate surface area is 163 Å².